The minimum atomic E-state index is -4.50. The summed E-state index contributed by atoms with van der Waals surface area (Å²) >= 11 is 0. The average molecular weight is 369 g/mol. The van der Waals surface area contributed by atoms with Crippen LogP contribution in [0, 0.1) is 0 Å². The molecule has 0 aliphatic carbocycles. The van der Waals surface area contributed by atoms with Gasteiger partial charge in [-0.1, -0.05) is 0 Å². The second kappa shape index (κ2) is 6.70. The number of likely N-dealkylation sites (tertiary alicyclic amines) is 1. The first kappa shape index (κ1) is 17.8. The van der Waals surface area contributed by atoms with Crippen molar-refractivity contribution in [2.75, 3.05) is 13.1 Å². The Balaban J connectivity index is 1.67. The van der Waals surface area contributed by atoms with Gasteiger partial charge in [0.25, 0.3) is 11.5 Å². The van der Waals surface area contributed by atoms with Gasteiger partial charge < -0.3 is 14.7 Å². The lowest BCUT2D eigenvalue weighted by atomic mass is 10.2. The molecule has 0 bridgehead atoms. The summed E-state index contributed by atoms with van der Waals surface area (Å²) in [4.78, 5) is 31.0. The summed E-state index contributed by atoms with van der Waals surface area (Å²) in [6.45, 7) is 0.431. The maximum absolute atomic E-state index is 12.7. The van der Waals surface area contributed by atoms with Gasteiger partial charge in [-0.05, 0) is 6.07 Å². The zero-order valence-electron chi connectivity index (χ0n) is 13.3. The number of carbonyl (C=O) groups is 1. The lowest BCUT2D eigenvalue weighted by Gasteiger charge is -2.17. The fourth-order valence-corrected chi connectivity index (χ4v) is 2.66. The number of H-pyrrole nitrogens is 1. The first-order chi connectivity index (χ1) is 12.2. The van der Waals surface area contributed by atoms with Crippen molar-refractivity contribution < 1.29 is 27.8 Å². The standard InChI is InChI=1S/C16H14F3N3O4/c17-16(18,19)10-1-3-20-14(7-10)26-11-2-4-22(8-11)15(25)9-5-12(23)21-13(24)6-9/h1,3,5-7,11H,2,4,8H2,(H2,21,23,24). The number of aromatic amines is 1. The van der Waals surface area contributed by atoms with Crippen LogP contribution in [0.3, 0.4) is 0 Å². The molecule has 3 rings (SSSR count). The van der Waals surface area contributed by atoms with Gasteiger partial charge in [0.05, 0.1) is 17.7 Å². The van der Waals surface area contributed by atoms with Gasteiger partial charge in [0, 0.05) is 37.4 Å². The highest BCUT2D eigenvalue weighted by molar-refractivity contribution is 5.94. The Morgan fingerprint density at radius 3 is 2.81 bits per heavy atom. The molecule has 2 aromatic heterocycles. The molecule has 0 aromatic carbocycles. The molecule has 2 aromatic rings. The molecular formula is C16H14F3N3O4. The second-order valence-corrected chi connectivity index (χ2v) is 5.78. The van der Waals surface area contributed by atoms with E-state index in [1.807, 2.05) is 0 Å². The predicted molar refractivity (Wildman–Crippen MR) is 82.9 cm³/mol. The summed E-state index contributed by atoms with van der Waals surface area (Å²) in [5.41, 5.74) is -1.47. The Morgan fingerprint density at radius 2 is 2.12 bits per heavy atom. The zero-order chi connectivity index (χ0) is 18.9. The van der Waals surface area contributed by atoms with Crippen molar-refractivity contribution in [2.24, 2.45) is 0 Å². The number of hydrogen-bond acceptors (Lipinski definition) is 5. The van der Waals surface area contributed by atoms with Gasteiger partial charge in [0.1, 0.15) is 6.10 Å². The largest absolute Gasteiger partial charge is 0.494 e. The molecule has 26 heavy (non-hydrogen) atoms. The first-order valence-corrected chi connectivity index (χ1v) is 7.65. The Kier molecular flexibility index (Phi) is 4.58. The Labute approximate surface area is 145 Å². The monoisotopic (exact) mass is 369 g/mol. The quantitative estimate of drug-likeness (QED) is 0.860. The average Bonchev–Trinajstić information content (AvgIpc) is 3.01. The number of amides is 1. The van der Waals surface area contributed by atoms with Crippen LogP contribution in [0.15, 0.2) is 35.3 Å². The minimum Gasteiger partial charge on any atom is -0.494 e. The molecule has 1 unspecified atom stereocenters. The van der Waals surface area contributed by atoms with E-state index in [2.05, 4.69) is 9.97 Å². The predicted octanol–water partition coefficient (Wildman–Crippen LogP) is 1.79. The van der Waals surface area contributed by atoms with Crippen LogP contribution in [0.5, 0.6) is 11.8 Å². The van der Waals surface area contributed by atoms with Gasteiger partial charge in [-0.3, -0.25) is 14.6 Å². The van der Waals surface area contributed by atoms with Crippen LogP contribution < -0.4 is 10.3 Å². The molecule has 1 fully saturated rings. The van der Waals surface area contributed by atoms with Gasteiger partial charge in [-0.2, -0.15) is 13.2 Å². The Bertz CT molecular complexity index is 882. The molecule has 1 amide bonds. The van der Waals surface area contributed by atoms with E-state index in [1.54, 1.807) is 0 Å². The van der Waals surface area contributed by atoms with Crippen molar-refractivity contribution in [1.82, 2.24) is 14.9 Å². The van der Waals surface area contributed by atoms with Gasteiger partial charge in [-0.25, -0.2) is 4.98 Å². The molecule has 1 saturated heterocycles. The van der Waals surface area contributed by atoms with Crippen molar-refractivity contribution in [3.05, 3.63) is 51.9 Å². The van der Waals surface area contributed by atoms with Crippen LogP contribution >= 0.6 is 0 Å². The van der Waals surface area contributed by atoms with Crippen molar-refractivity contribution in [3.8, 4) is 11.8 Å². The normalized spacial score (nSPS) is 17.3. The number of ether oxygens (including phenoxy) is 1. The number of carbonyl (C=O) groups excluding carboxylic acids is 1. The van der Waals surface area contributed by atoms with Gasteiger partial charge in [0.2, 0.25) is 5.88 Å². The molecule has 0 spiro atoms. The van der Waals surface area contributed by atoms with Gasteiger partial charge >= 0.3 is 6.18 Å². The number of nitrogens with one attached hydrogen (secondary N) is 1. The number of alkyl halides is 3. The van der Waals surface area contributed by atoms with Crippen molar-refractivity contribution in [2.45, 2.75) is 18.7 Å². The summed E-state index contributed by atoms with van der Waals surface area (Å²) < 4.78 is 43.6. The lowest BCUT2D eigenvalue weighted by molar-refractivity contribution is -0.137. The summed E-state index contributed by atoms with van der Waals surface area (Å²) in [7, 11) is 0. The van der Waals surface area contributed by atoms with E-state index >= 15 is 0 Å². The number of hydrogen-bond donors (Lipinski definition) is 2. The third-order valence-corrected chi connectivity index (χ3v) is 3.86. The minimum absolute atomic E-state index is 0.0177. The molecule has 1 atom stereocenters. The molecule has 2 N–H and O–H groups in total. The molecule has 138 valence electrons. The number of pyridine rings is 2. The molecule has 0 saturated carbocycles. The van der Waals surface area contributed by atoms with E-state index in [1.165, 1.54) is 4.90 Å². The van der Waals surface area contributed by atoms with Crippen LogP contribution in [0.4, 0.5) is 13.2 Å². The lowest BCUT2D eigenvalue weighted by Crippen LogP contribution is -2.31. The number of aromatic hydroxyl groups is 1. The number of aromatic nitrogens is 2. The Hall–Kier alpha value is -3.04. The molecule has 10 heteroatoms. The molecule has 1 aliphatic rings. The van der Waals surface area contributed by atoms with E-state index < -0.39 is 35.2 Å². The van der Waals surface area contributed by atoms with Crippen LogP contribution in [0.1, 0.15) is 22.3 Å². The van der Waals surface area contributed by atoms with Crippen LogP contribution in [-0.2, 0) is 6.18 Å². The molecule has 0 radical (unpaired) electrons. The van der Waals surface area contributed by atoms with Gasteiger partial charge in [0.15, 0.2) is 5.88 Å². The molecule has 3 heterocycles. The SMILES string of the molecule is O=C(c1cc(O)[nH]c(=O)c1)N1CCC(Oc2cc(C(F)(F)F)ccn2)C1. The highest BCUT2D eigenvalue weighted by Crippen LogP contribution is 2.31. The fourth-order valence-electron chi connectivity index (χ4n) is 2.66. The van der Waals surface area contributed by atoms with Crippen molar-refractivity contribution in [3.63, 3.8) is 0 Å². The number of rotatable bonds is 3. The van der Waals surface area contributed by atoms with E-state index in [0.717, 1.165) is 30.5 Å². The number of nitrogens with zero attached hydrogens (tertiary/aromatic N) is 2. The maximum Gasteiger partial charge on any atom is 0.416 e. The van der Waals surface area contributed by atoms with Crippen molar-refractivity contribution >= 4 is 5.91 Å². The van der Waals surface area contributed by atoms with E-state index in [0.29, 0.717) is 13.0 Å². The second-order valence-electron chi connectivity index (χ2n) is 5.78. The van der Waals surface area contributed by atoms with Crippen molar-refractivity contribution in [1.29, 1.82) is 0 Å². The number of halogens is 3. The van der Waals surface area contributed by atoms with Crippen LogP contribution in [0.2, 0.25) is 0 Å². The highest BCUT2D eigenvalue weighted by Gasteiger charge is 2.32. The first-order valence-electron chi connectivity index (χ1n) is 7.65. The van der Waals surface area contributed by atoms with E-state index in [4.69, 9.17) is 4.74 Å². The third-order valence-electron chi connectivity index (χ3n) is 3.86. The maximum atomic E-state index is 12.7. The van der Waals surface area contributed by atoms with E-state index in [9.17, 15) is 27.9 Å². The topological polar surface area (TPSA) is 95.5 Å². The molecule has 7 nitrogen and oxygen atoms in total. The summed E-state index contributed by atoms with van der Waals surface area (Å²) in [5.74, 6) is -1.08. The van der Waals surface area contributed by atoms with E-state index in [-0.39, 0.29) is 18.0 Å². The highest BCUT2D eigenvalue weighted by atomic mass is 19.4. The third kappa shape index (κ3) is 3.95. The summed E-state index contributed by atoms with van der Waals surface area (Å²) in [6.07, 6.45) is -3.61. The summed E-state index contributed by atoms with van der Waals surface area (Å²) in [6, 6.07) is 3.84. The molecule has 1 aliphatic heterocycles. The van der Waals surface area contributed by atoms with Crippen LogP contribution in [0.25, 0.3) is 0 Å². The zero-order valence-corrected chi connectivity index (χ0v) is 13.3. The smallest absolute Gasteiger partial charge is 0.416 e. The van der Waals surface area contributed by atoms with Crippen LogP contribution in [-0.4, -0.2) is 45.1 Å². The van der Waals surface area contributed by atoms with Gasteiger partial charge in [-0.15, -0.1) is 0 Å². The molecular weight excluding hydrogens is 355 g/mol. The summed E-state index contributed by atoms with van der Waals surface area (Å²) in [5, 5.41) is 9.37. The fraction of sp³-hybridized carbons (Fsp3) is 0.312. The Morgan fingerprint density at radius 1 is 1.35 bits per heavy atom.